The van der Waals surface area contributed by atoms with Crippen LogP contribution in [-0.4, -0.2) is 17.6 Å². The van der Waals surface area contributed by atoms with E-state index in [4.69, 9.17) is 21.3 Å². The number of benzene rings is 2. The van der Waals surface area contributed by atoms with E-state index in [0.29, 0.717) is 23.6 Å². The SMILES string of the molecule is NC(=O)c1ccc(N)cc1Oc1ccc(CCO)cc1. The number of aliphatic hydroxyl groups excluding tert-OH is 1. The average Bonchev–Trinajstić information content (AvgIpc) is 2.41. The predicted molar refractivity (Wildman–Crippen MR) is 76.7 cm³/mol. The maximum Gasteiger partial charge on any atom is 0.252 e. The van der Waals surface area contributed by atoms with E-state index in [-0.39, 0.29) is 12.2 Å². The molecule has 0 aliphatic heterocycles. The summed E-state index contributed by atoms with van der Waals surface area (Å²) in [6.45, 7) is 0.0985. The second-order valence-corrected chi connectivity index (χ2v) is 4.34. The summed E-state index contributed by atoms with van der Waals surface area (Å²) < 4.78 is 5.64. The van der Waals surface area contributed by atoms with Gasteiger partial charge in [0.25, 0.3) is 5.91 Å². The number of amides is 1. The molecular formula is C15H16N2O3. The van der Waals surface area contributed by atoms with Crippen LogP contribution in [-0.2, 0) is 6.42 Å². The van der Waals surface area contributed by atoms with E-state index in [9.17, 15) is 4.79 Å². The van der Waals surface area contributed by atoms with Gasteiger partial charge in [0.15, 0.2) is 0 Å². The van der Waals surface area contributed by atoms with Gasteiger partial charge >= 0.3 is 0 Å². The summed E-state index contributed by atoms with van der Waals surface area (Å²) in [5, 5.41) is 8.86. The molecule has 1 amide bonds. The van der Waals surface area contributed by atoms with Crippen LogP contribution in [0, 0.1) is 0 Å². The first-order valence-electron chi connectivity index (χ1n) is 6.17. The normalized spacial score (nSPS) is 10.2. The van der Waals surface area contributed by atoms with Crippen LogP contribution in [0.4, 0.5) is 5.69 Å². The number of hydrogen-bond donors (Lipinski definition) is 3. The Kier molecular flexibility index (Phi) is 4.22. The van der Waals surface area contributed by atoms with Crippen LogP contribution in [0.5, 0.6) is 11.5 Å². The van der Waals surface area contributed by atoms with Gasteiger partial charge in [-0.1, -0.05) is 12.1 Å². The van der Waals surface area contributed by atoms with Crippen LogP contribution >= 0.6 is 0 Å². The number of aliphatic hydroxyl groups is 1. The van der Waals surface area contributed by atoms with E-state index >= 15 is 0 Å². The molecule has 0 fully saturated rings. The van der Waals surface area contributed by atoms with Crippen molar-refractivity contribution >= 4 is 11.6 Å². The predicted octanol–water partition coefficient (Wildman–Crippen LogP) is 1.69. The van der Waals surface area contributed by atoms with Gasteiger partial charge < -0.3 is 21.3 Å². The van der Waals surface area contributed by atoms with Gasteiger partial charge in [-0.15, -0.1) is 0 Å². The van der Waals surface area contributed by atoms with E-state index in [1.807, 2.05) is 12.1 Å². The van der Waals surface area contributed by atoms with Crippen LogP contribution in [0.2, 0.25) is 0 Å². The molecule has 104 valence electrons. The zero-order chi connectivity index (χ0) is 14.5. The molecule has 0 spiro atoms. The third-order valence-electron chi connectivity index (χ3n) is 2.82. The number of ether oxygens (including phenoxy) is 1. The summed E-state index contributed by atoms with van der Waals surface area (Å²) in [4.78, 5) is 11.3. The molecule has 5 nitrogen and oxygen atoms in total. The van der Waals surface area contributed by atoms with Crippen LogP contribution in [0.1, 0.15) is 15.9 Å². The fraction of sp³-hybridized carbons (Fsp3) is 0.133. The van der Waals surface area contributed by atoms with Crippen LogP contribution in [0.25, 0.3) is 0 Å². The van der Waals surface area contributed by atoms with Crippen molar-refractivity contribution in [1.29, 1.82) is 0 Å². The van der Waals surface area contributed by atoms with Gasteiger partial charge in [-0.2, -0.15) is 0 Å². The van der Waals surface area contributed by atoms with Crippen LogP contribution < -0.4 is 16.2 Å². The summed E-state index contributed by atoms with van der Waals surface area (Å²) in [6, 6.07) is 11.9. The second kappa shape index (κ2) is 6.08. The lowest BCUT2D eigenvalue weighted by Crippen LogP contribution is -2.12. The molecule has 0 radical (unpaired) electrons. The van der Waals surface area contributed by atoms with E-state index in [1.54, 1.807) is 24.3 Å². The molecule has 0 aliphatic carbocycles. The highest BCUT2D eigenvalue weighted by Gasteiger charge is 2.10. The first-order chi connectivity index (χ1) is 9.60. The molecule has 2 aromatic carbocycles. The van der Waals surface area contributed by atoms with Crippen molar-refractivity contribution in [2.75, 3.05) is 12.3 Å². The van der Waals surface area contributed by atoms with Gasteiger partial charge in [0, 0.05) is 18.4 Å². The molecule has 0 heterocycles. The largest absolute Gasteiger partial charge is 0.456 e. The van der Waals surface area contributed by atoms with Crippen molar-refractivity contribution in [3.8, 4) is 11.5 Å². The minimum atomic E-state index is -0.572. The zero-order valence-corrected chi connectivity index (χ0v) is 10.9. The Labute approximate surface area is 116 Å². The van der Waals surface area contributed by atoms with Gasteiger partial charge in [0.2, 0.25) is 0 Å². The molecule has 5 heteroatoms. The quantitative estimate of drug-likeness (QED) is 0.721. The lowest BCUT2D eigenvalue weighted by Gasteiger charge is -2.10. The van der Waals surface area contributed by atoms with Gasteiger partial charge in [-0.3, -0.25) is 4.79 Å². The summed E-state index contributed by atoms with van der Waals surface area (Å²) in [5.41, 5.74) is 12.7. The minimum absolute atomic E-state index is 0.0985. The molecule has 0 aromatic heterocycles. The third-order valence-corrected chi connectivity index (χ3v) is 2.82. The molecule has 0 saturated carbocycles. The maximum absolute atomic E-state index is 11.3. The van der Waals surface area contributed by atoms with Crippen molar-refractivity contribution in [2.45, 2.75) is 6.42 Å². The maximum atomic E-state index is 11.3. The smallest absolute Gasteiger partial charge is 0.252 e. The Morgan fingerprint density at radius 2 is 1.85 bits per heavy atom. The monoisotopic (exact) mass is 272 g/mol. The van der Waals surface area contributed by atoms with E-state index in [0.717, 1.165) is 5.56 Å². The van der Waals surface area contributed by atoms with Crippen molar-refractivity contribution in [2.24, 2.45) is 5.73 Å². The number of carbonyl (C=O) groups excluding carboxylic acids is 1. The van der Waals surface area contributed by atoms with Crippen molar-refractivity contribution in [3.05, 3.63) is 53.6 Å². The zero-order valence-electron chi connectivity index (χ0n) is 10.9. The van der Waals surface area contributed by atoms with Gasteiger partial charge in [0.1, 0.15) is 11.5 Å². The molecular weight excluding hydrogens is 256 g/mol. The Bertz CT molecular complexity index is 609. The number of carbonyl (C=O) groups is 1. The Hall–Kier alpha value is -2.53. The van der Waals surface area contributed by atoms with Crippen molar-refractivity contribution in [3.63, 3.8) is 0 Å². The second-order valence-electron chi connectivity index (χ2n) is 4.34. The summed E-state index contributed by atoms with van der Waals surface area (Å²) in [7, 11) is 0. The molecule has 0 atom stereocenters. The first-order valence-corrected chi connectivity index (χ1v) is 6.17. The third kappa shape index (κ3) is 3.27. The number of anilines is 1. The molecule has 2 rings (SSSR count). The number of nitrogens with two attached hydrogens (primary N) is 2. The van der Waals surface area contributed by atoms with Gasteiger partial charge in [-0.25, -0.2) is 0 Å². The molecule has 0 unspecified atom stereocenters. The summed E-state index contributed by atoms with van der Waals surface area (Å²) >= 11 is 0. The van der Waals surface area contributed by atoms with E-state index < -0.39 is 5.91 Å². The fourth-order valence-corrected chi connectivity index (χ4v) is 1.81. The Morgan fingerprint density at radius 1 is 1.15 bits per heavy atom. The summed E-state index contributed by atoms with van der Waals surface area (Å²) in [6.07, 6.45) is 0.588. The minimum Gasteiger partial charge on any atom is -0.456 e. The fourth-order valence-electron chi connectivity index (χ4n) is 1.81. The standard InChI is InChI=1S/C15H16N2O3/c16-11-3-6-13(15(17)19)14(9-11)20-12-4-1-10(2-5-12)7-8-18/h1-6,9,18H,7-8,16H2,(H2,17,19). The topological polar surface area (TPSA) is 98.6 Å². The molecule has 0 bridgehead atoms. The lowest BCUT2D eigenvalue weighted by molar-refractivity contribution is 0.0998. The highest BCUT2D eigenvalue weighted by atomic mass is 16.5. The van der Waals surface area contributed by atoms with Gasteiger partial charge in [-0.05, 0) is 36.2 Å². The first kappa shape index (κ1) is 13.9. The molecule has 0 saturated heterocycles. The molecule has 0 aliphatic rings. The van der Waals surface area contributed by atoms with E-state index in [2.05, 4.69) is 0 Å². The number of primary amides is 1. The number of rotatable bonds is 5. The number of nitrogen functional groups attached to an aromatic ring is 1. The Morgan fingerprint density at radius 3 is 2.45 bits per heavy atom. The average molecular weight is 272 g/mol. The molecule has 5 N–H and O–H groups in total. The highest BCUT2D eigenvalue weighted by molar-refractivity contribution is 5.96. The summed E-state index contributed by atoms with van der Waals surface area (Å²) in [5.74, 6) is 0.323. The lowest BCUT2D eigenvalue weighted by atomic mass is 10.1. The highest BCUT2D eigenvalue weighted by Crippen LogP contribution is 2.27. The molecule has 20 heavy (non-hydrogen) atoms. The van der Waals surface area contributed by atoms with E-state index in [1.165, 1.54) is 6.07 Å². The Balaban J connectivity index is 2.25. The van der Waals surface area contributed by atoms with Crippen molar-refractivity contribution < 1.29 is 14.6 Å². The molecule has 2 aromatic rings. The van der Waals surface area contributed by atoms with Crippen LogP contribution in [0.15, 0.2) is 42.5 Å². The van der Waals surface area contributed by atoms with Gasteiger partial charge in [0.05, 0.1) is 5.56 Å². The van der Waals surface area contributed by atoms with Crippen molar-refractivity contribution in [1.82, 2.24) is 0 Å². The number of hydrogen-bond acceptors (Lipinski definition) is 4. The van der Waals surface area contributed by atoms with Crippen LogP contribution in [0.3, 0.4) is 0 Å².